The van der Waals surface area contributed by atoms with Crippen molar-refractivity contribution in [2.45, 2.75) is 33.0 Å². The molecule has 0 atom stereocenters. The summed E-state index contributed by atoms with van der Waals surface area (Å²) in [6.07, 6.45) is 0. The van der Waals surface area contributed by atoms with Gasteiger partial charge in [0.05, 0.1) is 17.1 Å². The van der Waals surface area contributed by atoms with E-state index in [1.807, 2.05) is 72.8 Å². The second kappa shape index (κ2) is 10.6. The van der Waals surface area contributed by atoms with Crippen molar-refractivity contribution in [3.63, 3.8) is 0 Å². The molecule has 0 unspecified atom stereocenters. The van der Waals surface area contributed by atoms with E-state index in [0.717, 1.165) is 11.1 Å². The minimum absolute atomic E-state index is 0.0598. The normalized spacial score (nSPS) is 14.9. The van der Waals surface area contributed by atoms with Crippen LogP contribution in [0, 0.1) is 0 Å². The van der Waals surface area contributed by atoms with Crippen LogP contribution in [0.5, 0.6) is 11.5 Å². The third-order valence-electron chi connectivity index (χ3n) is 6.36. The first kappa shape index (κ1) is 24.2. The number of nitrogens with one attached hydrogen (secondary N) is 1. The maximum atomic E-state index is 13.6. The molecule has 0 aliphatic carbocycles. The molecule has 7 nitrogen and oxygen atoms in total. The molecule has 2 heterocycles. The van der Waals surface area contributed by atoms with E-state index in [1.54, 1.807) is 19.9 Å². The number of carbonyl (C=O) groups is 2. The van der Waals surface area contributed by atoms with Crippen LogP contribution >= 0.6 is 0 Å². The van der Waals surface area contributed by atoms with Crippen LogP contribution in [0.3, 0.4) is 0 Å². The molecule has 1 N–H and O–H groups in total. The Morgan fingerprint density at radius 3 is 1.84 bits per heavy atom. The summed E-state index contributed by atoms with van der Waals surface area (Å²) in [5.41, 5.74) is 4.18. The van der Waals surface area contributed by atoms with Gasteiger partial charge in [-0.2, -0.15) is 0 Å². The van der Waals surface area contributed by atoms with Crippen LogP contribution in [0.4, 0.5) is 0 Å². The minimum atomic E-state index is -0.774. The highest BCUT2D eigenvalue weighted by atomic mass is 16.7. The first-order valence-electron chi connectivity index (χ1n) is 12.0. The molecule has 0 saturated heterocycles. The number of carbonyl (C=O) groups excluding carboxylic acids is 2. The minimum Gasteiger partial charge on any atom is -0.457 e. The van der Waals surface area contributed by atoms with Crippen molar-refractivity contribution in [3.05, 3.63) is 118 Å². The van der Waals surface area contributed by atoms with Crippen molar-refractivity contribution in [1.29, 1.82) is 0 Å². The number of esters is 2. The molecule has 188 valence electrons. The molecule has 0 radical (unpaired) electrons. The predicted molar refractivity (Wildman–Crippen MR) is 136 cm³/mol. The number of hydrogen-bond acceptors (Lipinski definition) is 7. The molecule has 3 aromatic carbocycles. The summed E-state index contributed by atoms with van der Waals surface area (Å²) in [4.78, 5) is 27.1. The van der Waals surface area contributed by atoms with Crippen molar-refractivity contribution in [3.8, 4) is 11.5 Å². The Kier molecular flexibility index (Phi) is 6.94. The number of benzene rings is 3. The SMILES string of the molecule is CC1=C(C(=O)OCc2ccccc2)C(c2cccc3c2OCO3)C(C(=O)OCc2ccccc2)=C(C)N1. The molecule has 0 saturated carbocycles. The van der Waals surface area contributed by atoms with E-state index in [0.29, 0.717) is 39.6 Å². The van der Waals surface area contributed by atoms with Gasteiger partial charge in [0.15, 0.2) is 11.5 Å². The van der Waals surface area contributed by atoms with Gasteiger partial charge in [0, 0.05) is 17.0 Å². The van der Waals surface area contributed by atoms with Crippen molar-refractivity contribution in [1.82, 2.24) is 5.32 Å². The first-order chi connectivity index (χ1) is 18.0. The second-order valence-electron chi connectivity index (χ2n) is 8.84. The van der Waals surface area contributed by atoms with Crippen LogP contribution in [0.25, 0.3) is 0 Å². The maximum absolute atomic E-state index is 13.6. The zero-order chi connectivity index (χ0) is 25.8. The Morgan fingerprint density at radius 1 is 0.757 bits per heavy atom. The van der Waals surface area contributed by atoms with Crippen LogP contribution in [0.2, 0.25) is 0 Å². The largest absolute Gasteiger partial charge is 0.457 e. The first-order valence-corrected chi connectivity index (χ1v) is 12.0. The Labute approximate surface area is 215 Å². The highest BCUT2D eigenvalue weighted by Crippen LogP contribution is 2.47. The van der Waals surface area contributed by atoms with Crippen LogP contribution in [0.15, 0.2) is 101 Å². The molecule has 37 heavy (non-hydrogen) atoms. The number of para-hydroxylation sites is 1. The summed E-state index contributed by atoms with van der Waals surface area (Å²) in [6, 6.07) is 24.3. The van der Waals surface area contributed by atoms with Gasteiger partial charge >= 0.3 is 11.9 Å². The average Bonchev–Trinajstić information content (AvgIpc) is 3.40. The molecule has 5 rings (SSSR count). The van der Waals surface area contributed by atoms with Gasteiger partial charge < -0.3 is 24.3 Å². The molecule has 0 spiro atoms. The van der Waals surface area contributed by atoms with Gasteiger partial charge in [-0.15, -0.1) is 0 Å². The van der Waals surface area contributed by atoms with Crippen LogP contribution < -0.4 is 14.8 Å². The number of dihydropyridines is 1. The fraction of sp³-hybridized carbons (Fsp3) is 0.200. The van der Waals surface area contributed by atoms with E-state index in [1.165, 1.54) is 0 Å². The van der Waals surface area contributed by atoms with E-state index in [9.17, 15) is 9.59 Å². The topological polar surface area (TPSA) is 83.1 Å². The third-order valence-corrected chi connectivity index (χ3v) is 6.36. The van der Waals surface area contributed by atoms with Crippen LogP contribution in [-0.2, 0) is 32.3 Å². The van der Waals surface area contributed by atoms with E-state index >= 15 is 0 Å². The molecule has 0 amide bonds. The lowest BCUT2D eigenvalue weighted by molar-refractivity contribution is -0.141. The second-order valence-corrected chi connectivity index (χ2v) is 8.84. The van der Waals surface area contributed by atoms with Gasteiger partial charge in [-0.3, -0.25) is 0 Å². The molecule has 2 aliphatic rings. The standard InChI is InChI=1S/C30H27NO6/c1-19-25(29(32)34-16-21-10-5-3-6-11-21)27(23-14-9-15-24-28(23)37-18-36-24)26(20(2)31-19)30(33)35-17-22-12-7-4-8-13-22/h3-15,27,31H,16-18H2,1-2H3. The predicted octanol–water partition coefficient (Wildman–Crippen LogP) is 5.14. The molecular formula is C30H27NO6. The lowest BCUT2D eigenvalue weighted by atomic mass is 9.80. The summed E-state index contributed by atoms with van der Waals surface area (Å²) in [6.45, 7) is 3.85. The van der Waals surface area contributed by atoms with Gasteiger partial charge in [0.25, 0.3) is 0 Å². The lowest BCUT2D eigenvalue weighted by Gasteiger charge is -2.31. The van der Waals surface area contributed by atoms with E-state index in [4.69, 9.17) is 18.9 Å². The van der Waals surface area contributed by atoms with Crippen molar-refractivity contribution in [2.75, 3.05) is 6.79 Å². The average molecular weight is 498 g/mol. The molecule has 7 heteroatoms. The van der Waals surface area contributed by atoms with Crippen molar-refractivity contribution in [2.24, 2.45) is 0 Å². The van der Waals surface area contributed by atoms with Crippen molar-refractivity contribution >= 4 is 11.9 Å². The third kappa shape index (κ3) is 5.07. The van der Waals surface area contributed by atoms with E-state index in [-0.39, 0.29) is 20.0 Å². The summed E-state index contributed by atoms with van der Waals surface area (Å²) in [5.74, 6) is -0.783. The number of hydrogen-bond donors (Lipinski definition) is 1. The molecule has 0 bridgehead atoms. The van der Waals surface area contributed by atoms with Crippen LogP contribution in [0.1, 0.15) is 36.5 Å². The lowest BCUT2D eigenvalue weighted by Crippen LogP contribution is -2.32. The maximum Gasteiger partial charge on any atom is 0.337 e. The Morgan fingerprint density at radius 2 is 1.30 bits per heavy atom. The molecule has 0 aromatic heterocycles. The summed E-state index contributed by atoms with van der Waals surface area (Å²) >= 11 is 0. The smallest absolute Gasteiger partial charge is 0.337 e. The highest BCUT2D eigenvalue weighted by Gasteiger charge is 2.40. The monoisotopic (exact) mass is 497 g/mol. The zero-order valence-electron chi connectivity index (χ0n) is 20.7. The summed E-state index contributed by atoms with van der Waals surface area (Å²) < 4.78 is 22.8. The zero-order valence-corrected chi connectivity index (χ0v) is 20.7. The van der Waals surface area contributed by atoms with Gasteiger partial charge in [0.1, 0.15) is 13.2 Å². The number of ether oxygens (including phenoxy) is 4. The summed E-state index contributed by atoms with van der Waals surface area (Å²) in [5, 5.41) is 3.19. The fourth-order valence-corrected chi connectivity index (χ4v) is 4.63. The van der Waals surface area contributed by atoms with Gasteiger partial charge in [-0.1, -0.05) is 72.8 Å². The highest BCUT2D eigenvalue weighted by molar-refractivity contribution is 6.00. The quantitative estimate of drug-likeness (QED) is 0.453. The molecule has 3 aromatic rings. The Bertz CT molecular complexity index is 1300. The van der Waals surface area contributed by atoms with Crippen molar-refractivity contribution < 1.29 is 28.5 Å². The number of fused-ring (bicyclic) bond motifs is 1. The molecular weight excluding hydrogens is 470 g/mol. The number of rotatable bonds is 7. The van der Waals surface area contributed by atoms with Gasteiger partial charge in [-0.25, -0.2) is 9.59 Å². The van der Waals surface area contributed by atoms with Gasteiger partial charge in [0.2, 0.25) is 6.79 Å². The Hall–Kier alpha value is -4.52. The van der Waals surface area contributed by atoms with E-state index in [2.05, 4.69) is 5.32 Å². The molecule has 0 fully saturated rings. The fourth-order valence-electron chi connectivity index (χ4n) is 4.63. The molecule has 2 aliphatic heterocycles. The van der Waals surface area contributed by atoms with Gasteiger partial charge in [-0.05, 0) is 31.0 Å². The Balaban J connectivity index is 1.51. The van der Waals surface area contributed by atoms with Crippen LogP contribution in [-0.4, -0.2) is 18.7 Å². The van der Waals surface area contributed by atoms with E-state index < -0.39 is 17.9 Å². The summed E-state index contributed by atoms with van der Waals surface area (Å²) in [7, 11) is 0. The number of allylic oxidation sites excluding steroid dienone is 2.